The highest BCUT2D eigenvalue weighted by molar-refractivity contribution is 6.36. The summed E-state index contributed by atoms with van der Waals surface area (Å²) in [6.07, 6.45) is 0. The van der Waals surface area contributed by atoms with Crippen LogP contribution in [0.1, 0.15) is 32.6 Å². The van der Waals surface area contributed by atoms with Crippen LogP contribution in [0.3, 0.4) is 0 Å². The van der Waals surface area contributed by atoms with Crippen LogP contribution in [0, 0.1) is 13.8 Å². The maximum absolute atomic E-state index is 13.0. The molecule has 0 N–H and O–H groups in total. The summed E-state index contributed by atoms with van der Waals surface area (Å²) < 4.78 is 5.92. The quantitative estimate of drug-likeness (QED) is 0.360. The molecule has 1 aliphatic rings. The first-order valence-electron chi connectivity index (χ1n) is 11.2. The molecule has 7 heteroatoms. The summed E-state index contributed by atoms with van der Waals surface area (Å²) in [7, 11) is 0. The summed E-state index contributed by atoms with van der Waals surface area (Å²) in [5.74, 6) is 0.836. The molecule has 1 amide bonds. The molecule has 4 nitrogen and oxygen atoms in total. The van der Waals surface area contributed by atoms with Crippen molar-refractivity contribution >= 4 is 40.7 Å². The molecule has 0 spiro atoms. The molecule has 1 heterocycles. The lowest BCUT2D eigenvalue weighted by Gasteiger charge is -2.35. The molecule has 0 saturated carbocycles. The number of halogens is 3. The largest absolute Gasteiger partial charge is 0.489 e. The standard InChI is InChI=1S/C27H27Cl3N2O2/c1-18-14-22(15-19(2)26(18)30)34-17-20-6-8-21(9-7-20)27(33)32-12-10-31(11-13-32)16-23-24(28)4-3-5-25(23)29/h3-9,14-15H,10-13,16-17H2,1-2H3. The number of ether oxygens (including phenoxy) is 1. The summed E-state index contributed by atoms with van der Waals surface area (Å²) in [6, 6.07) is 17.1. The van der Waals surface area contributed by atoms with Crippen molar-refractivity contribution in [2.45, 2.75) is 27.0 Å². The molecule has 178 valence electrons. The molecule has 0 radical (unpaired) electrons. The topological polar surface area (TPSA) is 32.8 Å². The van der Waals surface area contributed by atoms with Gasteiger partial charge in [0.2, 0.25) is 0 Å². The van der Waals surface area contributed by atoms with Crippen LogP contribution in [0.25, 0.3) is 0 Å². The van der Waals surface area contributed by atoms with Crippen molar-refractivity contribution in [2.75, 3.05) is 26.2 Å². The number of carbonyl (C=O) groups excluding carboxylic acids is 1. The molecule has 1 aliphatic heterocycles. The van der Waals surface area contributed by atoms with Gasteiger partial charge in [-0.1, -0.05) is 53.0 Å². The molecule has 4 rings (SSSR count). The predicted molar refractivity (Wildman–Crippen MR) is 139 cm³/mol. The predicted octanol–water partition coefficient (Wildman–Crippen LogP) is 6.80. The third-order valence-corrected chi connectivity index (χ3v) is 7.42. The van der Waals surface area contributed by atoms with E-state index in [1.54, 1.807) is 0 Å². The van der Waals surface area contributed by atoms with E-state index in [1.807, 2.05) is 73.3 Å². The average Bonchev–Trinajstić information content (AvgIpc) is 2.84. The molecular formula is C27H27Cl3N2O2. The molecule has 1 saturated heterocycles. The second-order valence-corrected chi connectivity index (χ2v) is 9.82. The minimum Gasteiger partial charge on any atom is -0.489 e. The lowest BCUT2D eigenvalue weighted by molar-refractivity contribution is 0.0628. The van der Waals surface area contributed by atoms with Gasteiger partial charge in [0.15, 0.2) is 0 Å². The molecule has 0 aliphatic carbocycles. The lowest BCUT2D eigenvalue weighted by atomic mass is 10.1. The molecular weight excluding hydrogens is 491 g/mol. The fourth-order valence-corrected chi connectivity index (χ4v) is 4.72. The molecule has 1 fully saturated rings. The molecule has 3 aromatic rings. The van der Waals surface area contributed by atoms with Crippen molar-refractivity contribution in [3.8, 4) is 5.75 Å². The third kappa shape index (κ3) is 5.87. The Morgan fingerprint density at radius 3 is 2.06 bits per heavy atom. The van der Waals surface area contributed by atoms with E-state index in [1.165, 1.54) is 0 Å². The molecule has 34 heavy (non-hydrogen) atoms. The number of nitrogens with zero attached hydrogens (tertiary/aromatic N) is 2. The smallest absolute Gasteiger partial charge is 0.253 e. The highest BCUT2D eigenvalue weighted by atomic mass is 35.5. The van der Waals surface area contributed by atoms with Gasteiger partial charge in [0.25, 0.3) is 5.91 Å². The van der Waals surface area contributed by atoms with Crippen molar-refractivity contribution in [3.63, 3.8) is 0 Å². The molecule has 3 aromatic carbocycles. The van der Waals surface area contributed by atoms with E-state index in [9.17, 15) is 4.79 Å². The Hall–Kier alpha value is -2.24. The van der Waals surface area contributed by atoms with Crippen LogP contribution < -0.4 is 4.74 Å². The van der Waals surface area contributed by atoms with Gasteiger partial charge in [-0.15, -0.1) is 0 Å². The van der Waals surface area contributed by atoms with E-state index in [4.69, 9.17) is 39.5 Å². The van der Waals surface area contributed by atoms with Gasteiger partial charge < -0.3 is 9.64 Å². The Balaban J connectivity index is 1.30. The summed E-state index contributed by atoms with van der Waals surface area (Å²) in [5.41, 5.74) is 4.61. The van der Waals surface area contributed by atoms with Gasteiger partial charge in [-0.3, -0.25) is 9.69 Å². The minimum atomic E-state index is 0.0480. The van der Waals surface area contributed by atoms with Gasteiger partial charge in [-0.25, -0.2) is 0 Å². The van der Waals surface area contributed by atoms with Crippen LogP contribution in [0.2, 0.25) is 15.1 Å². The van der Waals surface area contributed by atoms with Crippen LogP contribution in [0.5, 0.6) is 5.75 Å². The third-order valence-electron chi connectivity index (χ3n) is 6.12. The number of hydrogen-bond donors (Lipinski definition) is 0. The Labute approximate surface area is 216 Å². The maximum atomic E-state index is 13.0. The monoisotopic (exact) mass is 516 g/mol. The van der Waals surface area contributed by atoms with Gasteiger partial charge in [-0.05, 0) is 66.9 Å². The Morgan fingerprint density at radius 2 is 1.47 bits per heavy atom. The first-order valence-corrected chi connectivity index (χ1v) is 12.4. The number of piperazine rings is 1. The zero-order valence-corrected chi connectivity index (χ0v) is 21.6. The van der Waals surface area contributed by atoms with E-state index in [2.05, 4.69) is 4.90 Å². The highest BCUT2D eigenvalue weighted by Crippen LogP contribution is 2.27. The zero-order valence-electron chi connectivity index (χ0n) is 19.3. The Morgan fingerprint density at radius 1 is 0.882 bits per heavy atom. The van der Waals surface area contributed by atoms with E-state index >= 15 is 0 Å². The van der Waals surface area contributed by atoms with Crippen LogP contribution in [0.4, 0.5) is 0 Å². The van der Waals surface area contributed by atoms with Gasteiger partial charge in [0.05, 0.1) is 0 Å². The number of benzene rings is 3. The van der Waals surface area contributed by atoms with Crippen molar-refractivity contribution < 1.29 is 9.53 Å². The van der Waals surface area contributed by atoms with E-state index in [-0.39, 0.29) is 5.91 Å². The SMILES string of the molecule is Cc1cc(OCc2ccc(C(=O)N3CCN(Cc4c(Cl)cccc4Cl)CC3)cc2)cc(C)c1Cl. The average molecular weight is 518 g/mol. The van der Waals surface area contributed by atoms with Gasteiger partial charge in [0.1, 0.15) is 12.4 Å². The number of amides is 1. The van der Waals surface area contributed by atoms with Crippen LogP contribution in [-0.4, -0.2) is 41.9 Å². The number of hydrogen-bond acceptors (Lipinski definition) is 3. The molecule has 0 unspecified atom stereocenters. The number of carbonyl (C=O) groups is 1. The summed E-state index contributed by atoms with van der Waals surface area (Å²) in [4.78, 5) is 17.2. The highest BCUT2D eigenvalue weighted by Gasteiger charge is 2.23. The Kier molecular flexibility index (Phi) is 8.05. The summed E-state index contributed by atoms with van der Waals surface area (Å²) in [5, 5.41) is 2.12. The zero-order chi connectivity index (χ0) is 24.2. The van der Waals surface area contributed by atoms with Crippen molar-refractivity contribution in [2.24, 2.45) is 0 Å². The van der Waals surface area contributed by atoms with Crippen molar-refractivity contribution in [1.82, 2.24) is 9.80 Å². The normalized spacial score (nSPS) is 14.3. The second-order valence-electron chi connectivity index (χ2n) is 8.63. The number of rotatable bonds is 6. The first-order chi connectivity index (χ1) is 16.3. The minimum absolute atomic E-state index is 0.0480. The second kappa shape index (κ2) is 11.0. The summed E-state index contributed by atoms with van der Waals surface area (Å²) in [6.45, 7) is 7.93. The van der Waals surface area contributed by atoms with Gasteiger partial charge in [-0.2, -0.15) is 0 Å². The first kappa shape index (κ1) is 24.9. The van der Waals surface area contributed by atoms with E-state index < -0.39 is 0 Å². The fourth-order valence-electron chi connectivity index (χ4n) is 4.10. The lowest BCUT2D eigenvalue weighted by Crippen LogP contribution is -2.48. The molecule has 0 atom stereocenters. The van der Waals surface area contributed by atoms with Gasteiger partial charge in [0, 0.05) is 58.9 Å². The van der Waals surface area contributed by atoms with Gasteiger partial charge >= 0.3 is 0 Å². The van der Waals surface area contributed by atoms with E-state index in [0.29, 0.717) is 41.8 Å². The number of aryl methyl sites for hydroxylation is 2. The van der Waals surface area contributed by atoms with Crippen molar-refractivity contribution in [1.29, 1.82) is 0 Å². The maximum Gasteiger partial charge on any atom is 0.253 e. The van der Waals surface area contributed by atoms with Crippen LogP contribution in [-0.2, 0) is 13.2 Å². The van der Waals surface area contributed by atoms with Crippen molar-refractivity contribution in [3.05, 3.63) is 97.5 Å². The molecule has 0 aromatic heterocycles. The van der Waals surface area contributed by atoms with E-state index in [0.717, 1.165) is 46.1 Å². The Bertz CT molecular complexity index is 1130. The molecule has 0 bridgehead atoms. The fraction of sp³-hybridized carbons (Fsp3) is 0.296. The van der Waals surface area contributed by atoms with Crippen LogP contribution in [0.15, 0.2) is 54.6 Å². The summed E-state index contributed by atoms with van der Waals surface area (Å²) >= 11 is 18.8. The van der Waals surface area contributed by atoms with Crippen LogP contribution >= 0.6 is 34.8 Å².